The number of alkyl halides is 2. The second kappa shape index (κ2) is 9.50. The van der Waals surface area contributed by atoms with Crippen molar-refractivity contribution in [3.63, 3.8) is 0 Å². The molecule has 0 fully saturated rings. The van der Waals surface area contributed by atoms with E-state index in [9.17, 15) is 18.4 Å². The molecule has 0 bridgehead atoms. The van der Waals surface area contributed by atoms with Crippen LogP contribution in [-0.4, -0.2) is 34.7 Å². The molecule has 0 heterocycles. The first-order chi connectivity index (χ1) is 10.8. The van der Waals surface area contributed by atoms with Crippen LogP contribution in [0, 0.1) is 5.92 Å². The third kappa shape index (κ3) is 6.99. The highest BCUT2D eigenvalue weighted by atomic mass is 32.2. The Labute approximate surface area is 138 Å². The number of benzene rings is 1. The van der Waals surface area contributed by atoms with E-state index in [1.807, 2.05) is 44.2 Å². The van der Waals surface area contributed by atoms with Gasteiger partial charge in [0.2, 0.25) is 12.3 Å². The Morgan fingerprint density at radius 3 is 2.30 bits per heavy atom. The minimum atomic E-state index is -2.79. The van der Waals surface area contributed by atoms with Crippen LogP contribution in [0.1, 0.15) is 25.8 Å². The molecule has 4 nitrogen and oxygen atoms in total. The molecule has 23 heavy (non-hydrogen) atoms. The number of carboxylic acids is 1. The molecule has 1 amide bonds. The zero-order valence-electron chi connectivity index (χ0n) is 13.0. The van der Waals surface area contributed by atoms with Crippen molar-refractivity contribution >= 4 is 23.6 Å². The van der Waals surface area contributed by atoms with Crippen LogP contribution in [0.25, 0.3) is 0 Å². The summed E-state index contributed by atoms with van der Waals surface area (Å²) in [7, 11) is 0. The Morgan fingerprint density at radius 1 is 1.22 bits per heavy atom. The summed E-state index contributed by atoms with van der Waals surface area (Å²) in [4.78, 5) is 23.2. The van der Waals surface area contributed by atoms with Crippen LogP contribution in [-0.2, 0) is 15.3 Å². The van der Waals surface area contributed by atoms with Crippen molar-refractivity contribution in [2.75, 3.05) is 0 Å². The quantitative estimate of drug-likeness (QED) is 0.721. The minimum absolute atomic E-state index is 0.0512. The number of halogens is 2. The van der Waals surface area contributed by atoms with E-state index in [-0.39, 0.29) is 5.92 Å². The SMILES string of the molecule is CC(C)C(SCc1ccccc1)C(=O)NC(CC(F)F)C(=O)O. The Hall–Kier alpha value is -1.63. The number of rotatable bonds is 9. The number of carbonyl (C=O) groups is 2. The lowest BCUT2D eigenvalue weighted by Gasteiger charge is -2.22. The van der Waals surface area contributed by atoms with Crippen molar-refractivity contribution in [3.8, 4) is 0 Å². The smallest absolute Gasteiger partial charge is 0.326 e. The normalized spacial score (nSPS) is 13.8. The second-order valence-electron chi connectivity index (χ2n) is 5.49. The molecule has 1 aromatic rings. The number of amides is 1. The summed E-state index contributed by atoms with van der Waals surface area (Å²) < 4.78 is 24.8. The molecule has 0 aliphatic rings. The van der Waals surface area contributed by atoms with Crippen LogP contribution in [0.5, 0.6) is 0 Å². The predicted octanol–water partition coefficient (Wildman–Crippen LogP) is 3.17. The maximum Gasteiger partial charge on any atom is 0.326 e. The molecule has 2 unspecified atom stereocenters. The van der Waals surface area contributed by atoms with Gasteiger partial charge >= 0.3 is 5.97 Å². The van der Waals surface area contributed by atoms with Crippen molar-refractivity contribution in [1.82, 2.24) is 5.32 Å². The highest BCUT2D eigenvalue weighted by Crippen LogP contribution is 2.24. The molecule has 2 atom stereocenters. The molecular formula is C16H21F2NO3S. The van der Waals surface area contributed by atoms with Crippen molar-refractivity contribution in [1.29, 1.82) is 0 Å². The van der Waals surface area contributed by atoms with E-state index in [1.54, 1.807) is 0 Å². The first-order valence-corrected chi connectivity index (χ1v) is 8.33. The van der Waals surface area contributed by atoms with E-state index in [0.29, 0.717) is 5.75 Å². The van der Waals surface area contributed by atoms with Crippen LogP contribution in [0.2, 0.25) is 0 Å². The first-order valence-electron chi connectivity index (χ1n) is 7.28. The molecule has 128 valence electrons. The minimum Gasteiger partial charge on any atom is -0.480 e. The van der Waals surface area contributed by atoms with E-state index >= 15 is 0 Å². The van der Waals surface area contributed by atoms with Gasteiger partial charge in [-0.25, -0.2) is 13.6 Å². The Kier molecular flexibility index (Phi) is 8.02. The van der Waals surface area contributed by atoms with Gasteiger partial charge < -0.3 is 10.4 Å². The molecule has 7 heteroatoms. The van der Waals surface area contributed by atoms with Crippen LogP contribution in [0.15, 0.2) is 30.3 Å². The topological polar surface area (TPSA) is 66.4 Å². The van der Waals surface area contributed by atoms with Crippen LogP contribution in [0.4, 0.5) is 8.78 Å². The first kappa shape index (κ1) is 19.4. The molecule has 0 radical (unpaired) electrons. The molecule has 0 aliphatic carbocycles. The van der Waals surface area contributed by atoms with E-state index in [1.165, 1.54) is 11.8 Å². The van der Waals surface area contributed by atoms with Gasteiger partial charge in [-0.3, -0.25) is 4.79 Å². The van der Waals surface area contributed by atoms with Gasteiger partial charge in [0.05, 0.1) is 5.25 Å². The number of nitrogens with one attached hydrogen (secondary N) is 1. The van der Waals surface area contributed by atoms with Crippen molar-refractivity contribution in [2.45, 2.75) is 43.7 Å². The predicted molar refractivity (Wildman–Crippen MR) is 86.6 cm³/mol. The zero-order valence-corrected chi connectivity index (χ0v) is 13.9. The summed E-state index contributed by atoms with van der Waals surface area (Å²) in [5.41, 5.74) is 1.04. The van der Waals surface area contributed by atoms with Gasteiger partial charge in [0.15, 0.2) is 0 Å². The van der Waals surface area contributed by atoms with Crippen LogP contribution >= 0.6 is 11.8 Å². The van der Waals surface area contributed by atoms with Gasteiger partial charge in [0.1, 0.15) is 6.04 Å². The highest BCUT2D eigenvalue weighted by Gasteiger charge is 2.29. The maximum absolute atomic E-state index is 12.4. The summed E-state index contributed by atoms with van der Waals surface area (Å²) in [6.07, 6.45) is -3.68. The summed E-state index contributed by atoms with van der Waals surface area (Å²) in [6.45, 7) is 3.68. The van der Waals surface area contributed by atoms with Crippen molar-refractivity contribution in [2.24, 2.45) is 5.92 Å². The summed E-state index contributed by atoms with van der Waals surface area (Å²) in [5.74, 6) is -1.43. The van der Waals surface area contributed by atoms with Crippen molar-refractivity contribution in [3.05, 3.63) is 35.9 Å². The van der Waals surface area contributed by atoms with E-state index in [2.05, 4.69) is 5.32 Å². The largest absolute Gasteiger partial charge is 0.480 e. The Bertz CT molecular complexity index is 511. The maximum atomic E-state index is 12.4. The third-order valence-electron chi connectivity index (χ3n) is 3.16. The standard InChI is InChI=1S/C16H21F2NO3S/c1-10(2)14(23-9-11-6-4-3-5-7-11)15(20)19-12(16(21)22)8-13(17)18/h3-7,10,12-14H,8-9H2,1-2H3,(H,19,20)(H,21,22). The zero-order chi connectivity index (χ0) is 17.4. The molecule has 0 saturated carbocycles. The summed E-state index contributed by atoms with van der Waals surface area (Å²) >= 11 is 1.37. The number of carboxylic acid groups (broad SMARTS) is 1. The molecule has 1 aromatic carbocycles. The van der Waals surface area contributed by atoms with Gasteiger partial charge in [-0.15, -0.1) is 11.8 Å². The highest BCUT2D eigenvalue weighted by molar-refractivity contribution is 7.99. The molecule has 2 N–H and O–H groups in total. The van der Waals surface area contributed by atoms with Gasteiger partial charge in [-0.2, -0.15) is 0 Å². The number of thioether (sulfide) groups is 1. The number of aliphatic carboxylic acids is 1. The molecule has 0 aliphatic heterocycles. The van der Waals surface area contributed by atoms with E-state index < -0.39 is 36.0 Å². The summed E-state index contributed by atoms with van der Waals surface area (Å²) in [6, 6.07) is 7.97. The van der Waals surface area contributed by atoms with Crippen molar-refractivity contribution < 1.29 is 23.5 Å². The molecule has 0 spiro atoms. The molecule has 1 rings (SSSR count). The lowest BCUT2D eigenvalue weighted by atomic mass is 10.1. The average molecular weight is 345 g/mol. The molecule has 0 aromatic heterocycles. The fraction of sp³-hybridized carbons (Fsp3) is 0.500. The summed E-state index contributed by atoms with van der Waals surface area (Å²) in [5, 5.41) is 10.7. The number of hydrogen-bond donors (Lipinski definition) is 2. The monoisotopic (exact) mass is 345 g/mol. The van der Waals surface area contributed by atoms with Crippen LogP contribution < -0.4 is 5.32 Å². The Balaban J connectivity index is 2.68. The fourth-order valence-corrected chi connectivity index (χ4v) is 3.15. The van der Waals surface area contributed by atoms with Gasteiger partial charge in [0, 0.05) is 12.2 Å². The lowest BCUT2D eigenvalue weighted by Crippen LogP contribution is -2.46. The number of hydrogen-bond acceptors (Lipinski definition) is 3. The molecule has 0 saturated heterocycles. The number of carbonyl (C=O) groups excluding carboxylic acids is 1. The Morgan fingerprint density at radius 2 is 1.83 bits per heavy atom. The van der Waals surface area contributed by atoms with Crippen LogP contribution in [0.3, 0.4) is 0 Å². The lowest BCUT2D eigenvalue weighted by molar-refractivity contribution is -0.143. The van der Waals surface area contributed by atoms with E-state index in [0.717, 1.165) is 5.56 Å². The van der Waals surface area contributed by atoms with E-state index in [4.69, 9.17) is 5.11 Å². The average Bonchev–Trinajstić information content (AvgIpc) is 2.46. The van der Waals surface area contributed by atoms with Gasteiger partial charge in [-0.05, 0) is 11.5 Å². The molecular weight excluding hydrogens is 324 g/mol. The van der Waals surface area contributed by atoms with Gasteiger partial charge in [0.25, 0.3) is 0 Å². The fourth-order valence-electron chi connectivity index (χ4n) is 1.98. The second-order valence-corrected chi connectivity index (χ2v) is 6.62. The third-order valence-corrected chi connectivity index (χ3v) is 4.78. The van der Waals surface area contributed by atoms with Gasteiger partial charge in [-0.1, -0.05) is 44.2 Å².